The van der Waals surface area contributed by atoms with Gasteiger partial charge < -0.3 is 14.0 Å². The van der Waals surface area contributed by atoms with Crippen molar-refractivity contribution in [3.8, 4) is 11.5 Å². The van der Waals surface area contributed by atoms with Gasteiger partial charge in [-0.3, -0.25) is 14.9 Å². The van der Waals surface area contributed by atoms with Crippen LogP contribution in [0.1, 0.15) is 11.1 Å². The van der Waals surface area contributed by atoms with Crippen molar-refractivity contribution in [2.75, 3.05) is 14.2 Å². The third-order valence-electron chi connectivity index (χ3n) is 4.67. The number of nitrogens with zero attached hydrogens (tertiary/aromatic N) is 2. The van der Waals surface area contributed by atoms with Gasteiger partial charge in [0.05, 0.1) is 36.5 Å². The van der Waals surface area contributed by atoms with Crippen LogP contribution >= 0.6 is 11.8 Å². The second-order valence-corrected chi connectivity index (χ2v) is 7.49. The van der Waals surface area contributed by atoms with Gasteiger partial charge in [-0.05, 0) is 59.7 Å². The molecule has 1 aliphatic heterocycles. The van der Waals surface area contributed by atoms with E-state index in [0.717, 1.165) is 46.9 Å². The molecule has 2 aromatic carbocycles. The molecule has 0 bridgehead atoms. The SMILES string of the molecule is COc1ccc(CCn2cnc3ccc(C=C4SC(=O)NC4=O)cc32)cc1OC. The first-order chi connectivity index (χ1) is 14.1. The van der Waals surface area contributed by atoms with E-state index in [1.54, 1.807) is 20.3 Å². The lowest BCUT2D eigenvalue weighted by atomic mass is 10.1. The number of carbonyl (C=O) groups is 2. The predicted octanol–water partition coefficient (Wildman–Crippen LogP) is 3.62. The predicted molar refractivity (Wildman–Crippen MR) is 112 cm³/mol. The summed E-state index contributed by atoms with van der Waals surface area (Å²) in [6, 6.07) is 11.7. The fourth-order valence-corrected chi connectivity index (χ4v) is 3.88. The molecule has 7 nitrogen and oxygen atoms in total. The number of benzene rings is 2. The maximum absolute atomic E-state index is 11.8. The van der Waals surface area contributed by atoms with E-state index in [-0.39, 0.29) is 11.1 Å². The molecular weight excluding hydrogens is 390 g/mol. The van der Waals surface area contributed by atoms with Crippen molar-refractivity contribution in [2.24, 2.45) is 0 Å². The molecule has 8 heteroatoms. The molecule has 0 unspecified atom stereocenters. The number of fused-ring (bicyclic) bond motifs is 1. The lowest BCUT2D eigenvalue weighted by Gasteiger charge is -2.10. The Morgan fingerprint density at radius 1 is 1.10 bits per heavy atom. The largest absolute Gasteiger partial charge is 0.493 e. The minimum absolute atomic E-state index is 0.345. The maximum Gasteiger partial charge on any atom is 0.290 e. The summed E-state index contributed by atoms with van der Waals surface area (Å²) in [6.45, 7) is 0.736. The van der Waals surface area contributed by atoms with Crippen LogP contribution in [0.3, 0.4) is 0 Å². The molecule has 0 spiro atoms. The standard InChI is InChI=1S/C21H19N3O4S/c1-27-17-6-4-13(10-18(17)28-2)7-8-24-12-22-15-5-3-14(9-16(15)24)11-19-20(25)23-21(26)29-19/h3-6,9-12H,7-8H2,1-2H3,(H,23,25,26). The molecule has 29 heavy (non-hydrogen) atoms. The Hall–Kier alpha value is -3.26. The van der Waals surface area contributed by atoms with E-state index >= 15 is 0 Å². The summed E-state index contributed by atoms with van der Waals surface area (Å²) in [6.07, 6.45) is 4.32. The summed E-state index contributed by atoms with van der Waals surface area (Å²) in [4.78, 5) is 28.0. The summed E-state index contributed by atoms with van der Waals surface area (Å²) in [5.74, 6) is 1.05. The van der Waals surface area contributed by atoms with Gasteiger partial charge in [-0.2, -0.15) is 0 Å². The number of hydrogen-bond donors (Lipinski definition) is 1. The number of aryl methyl sites for hydroxylation is 2. The van der Waals surface area contributed by atoms with E-state index in [9.17, 15) is 9.59 Å². The number of aromatic nitrogens is 2. The molecule has 0 saturated carbocycles. The number of rotatable bonds is 6. The Labute approximate surface area is 171 Å². The Morgan fingerprint density at radius 2 is 1.93 bits per heavy atom. The first kappa shape index (κ1) is 19.1. The van der Waals surface area contributed by atoms with E-state index in [1.165, 1.54) is 0 Å². The third kappa shape index (κ3) is 3.97. The number of nitrogens with one attached hydrogen (secondary N) is 1. The highest BCUT2D eigenvalue weighted by molar-refractivity contribution is 8.18. The first-order valence-electron chi connectivity index (χ1n) is 8.98. The Kier molecular flexibility index (Phi) is 5.26. The molecule has 4 rings (SSSR count). The quantitative estimate of drug-likeness (QED) is 0.626. The van der Waals surface area contributed by atoms with Crippen LogP contribution in [0.5, 0.6) is 11.5 Å². The van der Waals surface area contributed by atoms with Crippen LogP contribution in [0.2, 0.25) is 0 Å². The highest BCUT2D eigenvalue weighted by Gasteiger charge is 2.24. The van der Waals surface area contributed by atoms with Gasteiger partial charge in [0.2, 0.25) is 0 Å². The third-order valence-corrected chi connectivity index (χ3v) is 5.48. The molecule has 148 valence electrons. The Balaban J connectivity index is 1.56. The number of hydrogen-bond acceptors (Lipinski definition) is 6. The molecule has 1 N–H and O–H groups in total. The maximum atomic E-state index is 11.8. The van der Waals surface area contributed by atoms with Crippen molar-refractivity contribution in [3.05, 3.63) is 58.8 Å². The highest BCUT2D eigenvalue weighted by atomic mass is 32.2. The highest BCUT2D eigenvalue weighted by Crippen LogP contribution is 2.29. The normalized spacial score (nSPS) is 15.2. The second kappa shape index (κ2) is 8.00. The van der Waals surface area contributed by atoms with Crippen molar-refractivity contribution in [3.63, 3.8) is 0 Å². The van der Waals surface area contributed by atoms with E-state index in [1.807, 2.05) is 42.7 Å². The molecule has 1 aliphatic rings. The number of thioether (sulfide) groups is 1. The van der Waals surface area contributed by atoms with Crippen LogP contribution < -0.4 is 14.8 Å². The van der Waals surface area contributed by atoms with Gasteiger partial charge in [-0.1, -0.05) is 12.1 Å². The van der Waals surface area contributed by atoms with Gasteiger partial charge >= 0.3 is 0 Å². The van der Waals surface area contributed by atoms with Gasteiger partial charge in [-0.15, -0.1) is 0 Å². The molecule has 0 atom stereocenters. The van der Waals surface area contributed by atoms with Crippen molar-refractivity contribution >= 4 is 40.0 Å². The van der Waals surface area contributed by atoms with Crippen LogP contribution in [-0.2, 0) is 17.8 Å². The summed E-state index contributed by atoms with van der Waals surface area (Å²) in [5.41, 5.74) is 3.81. The van der Waals surface area contributed by atoms with Crippen molar-refractivity contribution in [1.82, 2.24) is 14.9 Å². The van der Waals surface area contributed by atoms with Crippen molar-refractivity contribution in [1.29, 1.82) is 0 Å². The zero-order chi connectivity index (χ0) is 20.4. The lowest BCUT2D eigenvalue weighted by Crippen LogP contribution is -2.17. The topological polar surface area (TPSA) is 82.5 Å². The zero-order valence-corrected chi connectivity index (χ0v) is 16.8. The molecule has 2 amide bonds. The van der Waals surface area contributed by atoms with Crippen LogP contribution in [-0.4, -0.2) is 34.9 Å². The lowest BCUT2D eigenvalue weighted by molar-refractivity contribution is -0.115. The smallest absolute Gasteiger partial charge is 0.290 e. The van der Waals surface area contributed by atoms with Crippen LogP contribution in [0.15, 0.2) is 47.6 Å². The van der Waals surface area contributed by atoms with Gasteiger partial charge in [0.25, 0.3) is 11.1 Å². The minimum atomic E-state index is -0.359. The number of amides is 2. The van der Waals surface area contributed by atoms with Gasteiger partial charge in [0.1, 0.15) is 0 Å². The average Bonchev–Trinajstić information content (AvgIpc) is 3.27. The molecule has 1 fully saturated rings. The minimum Gasteiger partial charge on any atom is -0.493 e. The molecule has 0 aliphatic carbocycles. The molecule has 2 heterocycles. The van der Waals surface area contributed by atoms with E-state index < -0.39 is 0 Å². The molecule has 1 saturated heterocycles. The number of carbonyl (C=O) groups excluding carboxylic acids is 2. The monoisotopic (exact) mass is 409 g/mol. The first-order valence-corrected chi connectivity index (χ1v) is 9.79. The number of imidazole rings is 1. The van der Waals surface area contributed by atoms with E-state index in [4.69, 9.17) is 9.47 Å². The number of imide groups is 1. The van der Waals surface area contributed by atoms with Gasteiger partial charge in [0.15, 0.2) is 11.5 Å². The summed E-state index contributed by atoms with van der Waals surface area (Å²) < 4.78 is 12.7. The van der Waals surface area contributed by atoms with Gasteiger partial charge in [-0.25, -0.2) is 4.98 Å². The fraction of sp³-hybridized carbons (Fsp3) is 0.190. The van der Waals surface area contributed by atoms with Crippen LogP contribution in [0, 0.1) is 0 Å². The van der Waals surface area contributed by atoms with Crippen LogP contribution in [0.25, 0.3) is 17.1 Å². The Bertz CT molecular complexity index is 1140. The zero-order valence-electron chi connectivity index (χ0n) is 16.0. The summed E-state index contributed by atoms with van der Waals surface area (Å²) >= 11 is 0.911. The molecular formula is C21H19N3O4S. The van der Waals surface area contributed by atoms with Crippen molar-refractivity contribution in [2.45, 2.75) is 13.0 Å². The summed E-state index contributed by atoms with van der Waals surface area (Å²) in [7, 11) is 3.24. The second-order valence-electron chi connectivity index (χ2n) is 6.48. The number of methoxy groups -OCH3 is 2. The van der Waals surface area contributed by atoms with Crippen molar-refractivity contribution < 1.29 is 19.1 Å². The number of ether oxygens (including phenoxy) is 2. The fourth-order valence-electron chi connectivity index (χ4n) is 3.20. The van der Waals surface area contributed by atoms with E-state index in [0.29, 0.717) is 16.4 Å². The average molecular weight is 409 g/mol. The summed E-state index contributed by atoms with van der Waals surface area (Å²) in [5, 5.41) is 1.92. The van der Waals surface area contributed by atoms with E-state index in [2.05, 4.69) is 14.9 Å². The molecule has 0 radical (unpaired) electrons. The van der Waals surface area contributed by atoms with Crippen LogP contribution in [0.4, 0.5) is 4.79 Å². The van der Waals surface area contributed by atoms with Gasteiger partial charge in [0, 0.05) is 6.54 Å². The molecule has 1 aromatic heterocycles. The molecule has 3 aromatic rings. The Morgan fingerprint density at radius 3 is 2.66 bits per heavy atom.